The van der Waals surface area contributed by atoms with Crippen molar-refractivity contribution in [2.24, 2.45) is 14.1 Å². The minimum atomic E-state index is -0.480. The molecule has 0 fully saturated rings. The third-order valence-corrected chi connectivity index (χ3v) is 3.39. The van der Waals surface area contributed by atoms with Crippen LogP contribution in [0.4, 0.5) is 0 Å². The molecule has 0 amide bonds. The summed E-state index contributed by atoms with van der Waals surface area (Å²) < 4.78 is 4.27. The Labute approximate surface area is 129 Å². The Hall–Kier alpha value is -1.60. The lowest BCUT2D eigenvalue weighted by Crippen LogP contribution is -2.47. The SMILES string of the molecule is CC(C)NC(C)(C)n1cnc2c1c(=O)n(C)c(=O)n2C.Cl. The molecule has 0 atom stereocenters. The van der Waals surface area contributed by atoms with Crippen LogP contribution in [0.25, 0.3) is 11.2 Å². The van der Waals surface area contributed by atoms with Crippen molar-refractivity contribution in [3.8, 4) is 0 Å². The summed E-state index contributed by atoms with van der Waals surface area (Å²) in [6, 6.07) is 0.249. The average Bonchev–Trinajstić information content (AvgIpc) is 2.77. The first-order chi connectivity index (χ1) is 9.16. The lowest BCUT2D eigenvalue weighted by atomic mass is 10.2. The fourth-order valence-corrected chi connectivity index (χ4v) is 2.54. The van der Waals surface area contributed by atoms with Crippen molar-refractivity contribution in [2.45, 2.75) is 39.4 Å². The molecule has 0 unspecified atom stereocenters. The summed E-state index contributed by atoms with van der Waals surface area (Å²) in [5.41, 5.74) is -0.363. The number of halogens is 1. The van der Waals surface area contributed by atoms with Gasteiger partial charge in [0, 0.05) is 20.1 Å². The van der Waals surface area contributed by atoms with E-state index in [4.69, 9.17) is 0 Å². The summed E-state index contributed by atoms with van der Waals surface area (Å²) in [5.74, 6) is 0. The van der Waals surface area contributed by atoms with Crippen LogP contribution in [0.3, 0.4) is 0 Å². The Bertz CT molecular complexity index is 769. The zero-order valence-corrected chi connectivity index (χ0v) is 14.0. The molecular weight excluding hydrogens is 294 g/mol. The molecule has 0 saturated heterocycles. The molecule has 0 aliphatic rings. The van der Waals surface area contributed by atoms with E-state index in [9.17, 15) is 9.59 Å². The van der Waals surface area contributed by atoms with Gasteiger partial charge in [0.1, 0.15) is 0 Å². The van der Waals surface area contributed by atoms with Gasteiger partial charge in [-0.2, -0.15) is 0 Å². The van der Waals surface area contributed by atoms with Gasteiger partial charge >= 0.3 is 5.69 Å². The highest BCUT2D eigenvalue weighted by molar-refractivity contribution is 5.85. The van der Waals surface area contributed by atoms with Crippen molar-refractivity contribution < 1.29 is 0 Å². The fourth-order valence-electron chi connectivity index (χ4n) is 2.54. The Morgan fingerprint density at radius 1 is 1.19 bits per heavy atom. The molecule has 2 aromatic rings. The molecule has 21 heavy (non-hydrogen) atoms. The first kappa shape index (κ1) is 17.5. The van der Waals surface area contributed by atoms with Crippen molar-refractivity contribution in [3.63, 3.8) is 0 Å². The quantitative estimate of drug-likeness (QED) is 0.897. The van der Waals surface area contributed by atoms with E-state index in [0.717, 1.165) is 4.57 Å². The topological polar surface area (TPSA) is 73.8 Å². The molecule has 2 rings (SSSR count). The maximum atomic E-state index is 12.4. The van der Waals surface area contributed by atoms with Crippen molar-refractivity contribution in [1.82, 2.24) is 24.0 Å². The molecule has 0 aromatic carbocycles. The van der Waals surface area contributed by atoms with E-state index < -0.39 is 5.66 Å². The second kappa shape index (κ2) is 5.65. The molecule has 8 heteroatoms. The minimum Gasteiger partial charge on any atom is -0.306 e. The van der Waals surface area contributed by atoms with Crippen molar-refractivity contribution in [3.05, 3.63) is 27.2 Å². The summed E-state index contributed by atoms with van der Waals surface area (Å²) in [5, 5.41) is 3.38. The van der Waals surface area contributed by atoms with Crippen LogP contribution in [0.15, 0.2) is 15.9 Å². The van der Waals surface area contributed by atoms with Crippen molar-refractivity contribution in [2.75, 3.05) is 0 Å². The summed E-state index contributed by atoms with van der Waals surface area (Å²) in [6.07, 6.45) is 1.60. The van der Waals surface area contributed by atoms with E-state index in [0.29, 0.717) is 11.2 Å². The number of aryl methyl sites for hydroxylation is 1. The highest BCUT2D eigenvalue weighted by Gasteiger charge is 2.25. The third-order valence-electron chi connectivity index (χ3n) is 3.39. The Morgan fingerprint density at radius 2 is 1.76 bits per heavy atom. The van der Waals surface area contributed by atoms with Crippen LogP contribution in [-0.4, -0.2) is 24.7 Å². The molecule has 2 heterocycles. The lowest BCUT2D eigenvalue weighted by Gasteiger charge is -2.30. The molecule has 0 bridgehead atoms. The zero-order chi connectivity index (χ0) is 15.2. The van der Waals surface area contributed by atoms with Gasteiger partial charge in [0.05, 0.1) is 12.0 Å². The molecule has 0 spiro atoms. The van der Waals surface area contributed by atoms with Crippen LogP contribution in [-0.2, 0) is 19.8 Å². The van der Waals surface area contributed by atoms with Crippen molar-refractivity contribution in [1.29, 1.82) is 0 Å². The second-order valence-electron chi connectivity index (χ2n) is 5.85. The number of hydrogen-bond donors (Lipinski definition) is 1. The van der Waals surface area contributed by atoms with Crippen LogP contribution >= 0.6 is 12.4 Å². The lowest BCUT2D eigenvalue weighted by molar-refractivity contribution is 0.256. The number of rotatable bonds is 3. The number of aromatic nitrogens is 4. The van der Waals surface area contributed by atoms with Crippen LogP contribution in [0.1, 0.15) is 27.7 Å². The van der Waals surface area contributed by atoms with Crippen LogP contribution in [0.5, 0.6) is 0 Å². The maximum Gasteiger partial charge on any atom is 0.332 e. The van der Waals surface area contributed by atoms with E-state index >= 15 is 0 Å². The number of nitrogens with one attached hydrogen (secondary N) is 1. The normalized spacial score (nSPS) is 12.0. The van der Waals surface area contributed by atoms with Gasteiger partial charge in [0.15, 0.2) is 11.2 Å². The Kier molecular flexibility index (Phi) is 4.70. The molecule has 118 valence electrons. The summed E-state index contributed by atoms with van der Waals surface area (Å²) >= 11 is 0. The molecule has 0 aliphatic heterocycles. The molecule has 0 saturated carbocycles. The molecule has 7 nitrogen and oxygen atoms in total. The van der Waals surface area contributed by atoms with Crippen LogP contribution in [0.2, 0.25) is 0 Å². The van der Waals surface area contributed by atoms with Gasteiger partial charge < -0.3 is 4.57 Å². The molecule has 1 N–H and O–H groups in total. The summed E-state index contributed by atoms with van der Waals surface area (Å²) in [6.45, 7) is 8.01. The summed E-state index contributed by atoms with van der Waals surface area (Å²) in [7, 11) is 3.09. The average molecular weight is 316 g/mol. The standard InChI is InChI=1S/C13H21N5O2.ClH/c1-8(2)15-13(3,4)18-7-14-10-9(18)11(19)17(6)12(20)16(10)5;/h7-8,15H,1-6H3;1H. The predicted molar refractivity (Wildman–Crippen MR) is 85.1 cm³/mol. The zero-order valence-electron chi connectivity index (χ0n) is 13.2. The van der Waals surface area contributed by atoms with Crippen LogP contribution < -0.4 is 16.6 Å². The van der Waals surface area contributed by atoms with Gasteiger partial charge in [-0.05, 0) is 27.7 Å². The van der Waals surface area contributed by atoms with E-state index in [-0.39, 0.29) is 29.7 Å². The smallest absolute Gasteiger partial charge is 0.306 e. The predicted octanol–water partition coefficient (Wildman–Crippen LogP) is 0.546. The van der Waals surface area contributed by atoms with E-state index in [1.165, 1.54) is 11.6 Å². The second-order valence-corrected chi connectivity index (χ2v) is 5.85. The number of nitrogens with zero attached hydrogens (tertiary/aromatic N) is 4. The molecule has 2 aromatic heterocycles. The largest absolute Gasteiger partial charge is 0.332 e. The van der Waals surface area contributed by atoms with Crippen molar-refractivity contribution >= 4 is 23.6 Å². The van der Waals surface area contributed by atoms with E-state index in [1.54, 1.807) is 17.9 Å². The number of fused-ring (bicyclic) bond motifs is 1. The third kappa shape index (κ3) is 2.75. The van der Waals surface area contributed by atoms with Crippen LogP contribution in [0, 0.1) is 0 Å². The van der Waals surface area contributed by atoms with E-state index in [2.05, 4.69) is 10.3 Å². The fraction of sp³-hybridized carbons (Fsp3) is 0.615. The Balaban J connectivity index is 0.00000220. The van der Waals surface area contributed by atoms with Gasteiger partial charge in [0.2, 0.25) is 0 Å². The van der Waals surface area contributed by atoms with Gasteiger partial charge in [0.25, 0.3) is 5.56 Å². The maximum absolute atomic E-state index is 12.4. The highest BCUT2D eigenvalue weighted by atomic mass is 35.5. The van der Waals surface area contributed by atoms with Gasteiger partial charge in [-0.3, -0.25) is 19.2 Å². The van der Waals surface area contributed by atoms with E-state index in [1.807, 2.05) is 27.7 Å². The van der Waals surface area contributed by atoms with Gasteiger partial charge in [-0.15, -0.1) is 12.4 Å². The summed E-state index contributed by atoms with van der Waals surface area (Å²) in [4.78, 5) is 28.5. The van der Waals surface area contributed by atoms with Gasteiger partial charge in [-0.25, -0.2) is 9.78 Å². The monoisotopic (exact) mass is 315 g/mol. The number of hydrogen-bond acceptors (Lipinski definition) is 4. The number of imidazole rings is 1. The first-order valence-electron chi connectivity index (χ1n) is 6.58. The highest BCUT2D eigenvalue weighted by Crippen LogP contribution is 2.17. The van der Waals surface area contributed by atoms with Gasteiger partial charge in [-0.1, -0.05) is 0 Å². The molecule has 0 aliphatic carbocycles. The molecular formula is C13H22ClN5O2. The first-order valence-corrected chi connectivity index (χ1v) is 6.58. The Morgan fingerprint density at radius 3 is 2.29 bits per heavy atom. The molecule has 0 radical (unpaired) electrons. The minimum absolute atomic E-state index is 0.